The molecule has 0 spiro atoms. The molecule has 2 rings (SSSR count). The van der Waals surface area contributed by atoms with Gasteiger partial charge >= 0.3 is 0 Å². The molecule has 0 fully saturated rings. The topological polar surface area (TPSA) is 9.23 Å². The van der Waals surface area contributed by atoms with Crippen LogP contribution in [-0.2, 0) is 0 Å². The van der Waals surface area contributed by atoms with Gasteiger partial charge in [-0.25, -0.2) is 0 Å². The zero-order valence-electron chi connectivity index (χ0n) is 7.83. The molecule has 68 valence electrons. The van der Waals surface area contributed by atoms with Gasteiger partial charge in [-0.2, -0.15) is 0 Å². The minimum Gasteiger partial charge on any atom is -0.493 e. The molecule has 2 heteroatoms. The lowest BCUT2D eigenvalue weighted by molar-refractivity contribution is 0.344. The van der Waals surface area contributed by atoms with E-state index in [2.05, 4.69) is 19.1 Å². The van der Waals surface area contributed by atoms with Gasteiger partial charge in [-0.1, -0.05) is 6.07 Å². The lowest BCUT2D eigenvalue weighted by Gasteiger charge is -2.02. The molecule has 1 aromatic heterocycles. The van der Waals surface area contributed by atoms with Gasteiger partial charge in [-0.05, 0) is 32.0 Å². The largest absolute Gasteiger partial charge is 0.493 e. The summed E-state index contributed by atoms with van der Waals surface area (Å²) in [6.07, 6.45) is 0. The van der Waals surface area contributed by atoms with E-state index < -0.39 is 0 Å². The van der Waals surface area contributed by atoms with Crippen LogP contribution in [0.1, 0.15) is 11.8 Å². The predicted octanol–water partition coefficient (Wildman–Crippen LogP) is 3.61. The van der Waals surface area contributed by atoms with E-state index in [1.54, 1.807) is 0 Å². The second-order valence-corrected chi connectivity index (χ2v) is 4.25. The number of thiophene rings is 1. The second kappa shape index (κ2) is 3.38. The zero-order chi connectivity index (χ0) is 9.26. The molecule has 0 amide bonds. The van der Waals surface area contributed by atoms with Crippen LogP contribution in [0.3, 0.4) is 0 Å². The Morgan fingerprint density at radius 2 is 2.23 bits per heavy atom. The third kappa shape index (κ3) is 1.54. The van der Waals surface area contributed by atoms with Gasteiger partial charge in [0.1, 0.15) is 5.75 Å². The summed E-state index contributed by atoms with van der Waals surface area (Å²) in [5, 5.41) is 1.24. The number of hydrogen-bond donors (Lipinski definition) is 0. The van der Waals surface area contributed by atoms with Crippen molar-refractivity contribution in [1.82, 2.24) is 0 Å². The van der Waals surface area contributed by atoms with Crippen LogP contribution in [-0.4, -0.2) is 6.61 Å². The summed E-state index contributed by atoms with van der Waals surface area (Å²) in [7, 11) is 0. The standard InChI is InChI=1S/C11H12OS/c1-3-12-10-5-4-6-11-9(10)7-8(2)13-11/h4-7H,3H2,1-2H3. The first-order valence-corrected chi connectivity index (χ1v) is 5.25. The highest BCUT2D eigenvalue weighted by molar-refractivity contribution is 7.19. The third-order valence-electron chi connectivity index (χ3n) is 1.94. The molecule has 1 nitrogen and oxygen atoms in total. The third-order valence-corrected chi connectivity index (χ3v) is 2.96. The van der Waals surface area contributed by atoms with Gasteiger partial charge in [-0.3, -0.25) is 0 Å². The average molecular weight is 192 g/mol. The van der Waals surface area contributed by atoms with Crippen molar-refractivity contribution >= 4 is 21.4 Å². The predicted molar refractivity (Wildman–Crippen MR) is 57.7 cm³/mol. The fraction of sp³-hybridized carbons (Fsp3) is 0.273. The summed E-state index contributed by atoms with van der Waals surface area (Å²) in [5.74, 6) is 1.00. The van der Waals surface area contributed by atoms with E-state index in [1.165, 1.54) is 15.0 Å². The van der Waals surface area contributed by atoms with Crippen LogP contribution in [0.15, 0.2) is 24.3 Å². The Morgan fingerprint density at radius 3 is 3.00 bits per heavy atom. The molecule has 0 aliphatic rings. The molecule has 0 aliphatic heterocycles. The smallest absolute Gasteiger partial charge is 0.127 e. The van der Waals surface area contributed by atoms with Gasteiger partial charge in [0.05, 0.1) is 6.61 Å². The number of aryl methyl sites for hydroxylation is 1. The SMILES string of the molecule is CCOc1cccc2sc(C)cc12. The first-order valence-electron chi connectivity index (χ1n) is 4.43. The molecule has 0 aliphatic carbocycles. The van der Waals surface area contributed by atoms with Crippen molar-refractivity contribution in [1.29, 1.82) is 0 Å². The number of ether oxygens (including phenoxy) is 1. The summed E-state index contributed by atoms with van der Waals surface area (Å²) in [5.41, 5.74) is 0. The quantitative estimate of drug-likeness (QED) is 0.706. The Balaban J connectivity index is 2.60. The normalized spacial score (nSPS) is 10.6. The maximum Gasteiger partial charge on any atom is 0.127 e. The number of fused-ring (bicyclic) bond motifs is 1. The van der Waals surface area contributed by atoms with Gasteiger partial charge in [0.15, 0.2) is 0 Å². The number of hydrogen-bond acceptors (Lipinski definition) is 2. The molecule has 1 heterocycles. The zero-order valence-corrected chi connectivity index (χ0v) is 8.65. The first-order chi connectivity index (χ1) is 6.31. The Morgan fingerprint density at radius 1 is 1.38 bits per heavy atom. The van der Waals surface area contributed by atoms with Gasteiger partial charge in [0, 0.05) is 15.0 Å². The lowest BCUT2D eigenvalue weighted by atomic mass is 10.2. The molecule has 0 unspecified atom stereocenters. The van der Waals surface area contributed by atoms with E-state index in [4.69, 9.17) is 4.74 Å². The van der Waals surface area contributed by atoms with Crippen LogP contribution in [0.2, 0.25) is 0 Å². The summed E-state index contributed by atoms with van der Waals surface area (Å²) < 4.78 is 6.85. The van der Waals surface area contributed by atoms with Gasteiger partial charge in [0.25, 0.3) is 0 Å². The fourth-order valence-corrected chi connectivity index (χ4v) is 2.38. The summed E-state index contributed by atoms with van der Waals surface area (Å²) in [4.78, 5) is 1.34. The molecular weight excluding hydrogens is 180 g/mol. The molecule has 0 saturated heterocycles. The van der Waals surface area contributed by atoms with Crippen molar-refractivity contribution in [2.24, 2.45) is 0 Å². The first kappa shape index (κ1) is 8.57. The second-order valence-electron chi connectivity index (χ2n) is 2.96. The molecule has 0 bridgehead atoms. The van der Waals surface area contributed by atoms with Crippen molar-refractivity contribution in [3.05, 3.63) is 29.1 Å². The highest BCUT2D eigenvalue weighted by Crippen LogP contribution is 2.32. The maximum atomic E-state index is 5.54. The molecular formula is C11H12OS. The summed E-state index contributed by atoms with van der Waals surface area (Å²) in [6.45, 7) is 4.87. The Hall–Kier alpha value is -1.02. The Labute approximate surface area is 82.0 Å². The van der Waals surface area contributed by atoms with Crippen molar-refractivity contribution in [3.8, 4) is 5.75 Å². The van der Waals surface area contributed by atoms with Crippen molar-refractivity contribution in [2.75, 3.05) is 6.61 Å². The number of benzene rings is 1. The van der Waals surface area contributed by atoms with E-state index in [-0.39, 0.29) is 0 Å². The minimum absolute atomic E-state index is 0.730. The molecule has 0 saturated carbocycles. The van der Waals surface area contributed by atoms with E-state index >= 15 is 0 Å². The number of rotatable bonds is 2. The Kier molecular flexibility index (Phi) is 2.23. The molecule has 0 atom stereocenters. The van der Waals surface area contributed by atoms with Crippen LogP contribution in [0.5, 0.6) is 5.75 Å². The van der Waals surface area contributed by atoms with Crippen LogP contribution < -0.4 is 4.74 Å². The molecule has 1 aromatic carbocycles. The van der Waals surface area contributed by atoms with Crippen LogP contribution >= 0.6 is 11.3 Å². The minimum atomic E-state index is 0.730. The van der Waals surface area contributed by atoms with Crippen molar-refractivity contribution in [2.45, 2.75) is 13.8 Å². The fourth-order valence-electron chi connectivity index (χ4n) is 1.44. The highest BCUT2D eigenvalue weighted by atomic mass is 32.1. The average Bonchev–Trinajstić information content (AvgIpc) is 2.47. The highest BCUT2D eigenvalue weighted by Gasteiger charge is 2.03. The van der Waals surface area contributed by atoms with Gasteiger partial charge in [-0.15, -0.1) is 11.3 Å². The van der Waals surface area contributed by atoms with E-state index in [0.717, 1.165) is 12.4 Å². The monoisotopic (exact) mass is 192 g/mol. The van der Waals surface area contributed by atoms with Crippen LogP contribution in [0.4, 0.5) is 0 Å². The molecule has 0 radical (unpaired) electrons. The Bertz CT molecular complexity index is 417. The van der Waals surface area contributed by atoms with Crippen molar-refractivity contribution in [3.63, 3.8) is 0 Å². The van der Waals surface area contributed by atoms with E-state index in [1.807, 2.05) is 30.4 Å². The van der Waals surface area contributed by atoms with Gasteiger partial charge < -0.3 is 4.74 Å². The summed E-state index contributed by atoms with van der Waals surface area (Å²) in [6, 6.07) is 8.39. The molecule has 0 N–H and O–H groups in total. The van der Waals surface area contributed by atoms with Crippen LogP contribution in [0.25, 0.3) is 10.1 Å². The lowest BCUT2D eigenvalue weighted by Crippen LogP contribution is -1.90. The molecule has 13 heavy (non-hydrogen) atoms. The van der Waals surface area contributed by atoms with E-state index in [0.29, 0.717) is 0 Å². The molecule has 2 aromatic rings. The van der Waals surface area contributed by atoms with Crippen LogP contribution in [0, 0.1) is 6.92 Å². The van der Waals surface area contributed by atoms with Gasteiger partial charge in [0.2, 0.25) is 0 Å². The maximum absolute atomic E-state index is 5.54. The summed E-state index contributed by atoms with van der Waals surface area (Å²) >= 11 is 1.81. The van der Waals surface area contributed by atoms with E-state index in [9.17, 15) is 0 Å². The van der Waals surface area contributed by atoms with Crippen molar-refractivity contribution < 1.29 is 4.74 Å².